The molecule has 1 rings (SSSR count). The Morgan fingerprint density at radius 1 is 1.75 bits per heavy atom. The predicted octanol–water partition coefficient (Wildman–Crippen LogP) is 2.04. The van der Waals surface area contributed by atoms with Gasteiger partial charge in [0.1, 0.15) is 0 Å². The second-order valence-corrected chi connectivity index (χ2v) is 2.55. The van der Waals surface area contributed by atoms with Gasteiger partial charge in [0.2, 0.25) is 0 Å². The zero-order valence-electron chi connectivity index (χ0n) is 7.29. The van der Waals surface area contributed by atoms with Crippen molar-refractivity contribution in [1.29, 1.82) is 0 Å². The molecule has 0 spiro atoms. The molecular formula is C9H12N2O. The van der Waals surface area contributed by atoms with Crippen molar-refractivity contribution in [3.8, 4) is 0 Å². The summed E-state index contributed by atoms with van der Waals surface area (Å²) in [6.45, 7) is 3.55. The molecular weight excluding hydrogens is 152 g/mol. The third-order valence-corrected chi connectivity index (χ3v) is 1.46. The minimum Gasteiger partial charge on any atom is -0.336 e. The molecule has 1 aromatic rings. The van der Waals surface area contributed by atoms with Gasteiger partial charge in [0.25, 0.3) is 0 Å². The number of nitrogens with zero attached hydrogens (tertiary/aromatic N) is 1. The Morgan fingerprint density at radius 3 is 3.00 bits per heavy atom. The van der Waals surface area contributed by atoms with Crippen LogP contribution in [0.2, 0.25) is 0 Å². The minimum atomic E-state index is -0.0360. The maximum absolute atomic E-state index is 10.8. The van der Waals surface area contributed by atoms with Crippen molar-refractivity contribution < 1.29 is 4.79 Å². The number of allylic oxidation sites excluding steroid dienone is 1. The van der Waals surface area contributed by atoms with Gasteiger partial charge in [-0.05, 0) is 12.5 Å². The fraction of sp³-hybridized carbons (Fsp3) is 0.333. The Kier molecular flexibility index (Phi) is 2.80. The molecule has 0 unspecified atom stereocenters. The van der Waals surface area contributed by atoms with Crippen LogP contribution in [-0.4, -0.2) is 15.8 Å². The normalized spacial score (nSPS) is 10.8. The number of hydrogen-bond donors (Lipinski definition) is 1. The van der Waals surface area contributed by atoms with E-state index < -0.39 is 0 Å². The number of hydrogen-bond acceptors (Lipinski definition) is 2. The molecule has 0 saturated heterocycles. The van der Waals surface area contributed by atoms with Crippen LogP contribution in [0.5, 0.6) is 0 Å². The van der Waals surface area contributed by atoms with E-state index in [1.807, 2.05) is 12.2 Å². The van der Waals surface area contributed by atoms with Crippen LogP contribution in [0, 0.1) is 0 Å². The number of rotatable bonds is 3. The zero-order chi connectivity index (χ0) is 8.97. The van der Waals surface area contributed by atoms with Gasteiger partial charge in [-0.1, -0.05) is 13.0 Å². The number of H-pyrrole nitrogens is 1. The number of nitrogens with one attached hydrogen (secondary N) is 1. The van der Waals surface area contributed by atoms with Gasteiger partial charge in [-0.15, -0.1) is 0 Å². The van der Waals surface area contributed by atoms with E-state index in [2.05, 4.69) is 16.9 Å². The molecule has 0 atom stereocenters. The van der Waals surface area contributed by atoms with Crippen LogP contribution in [0.25, 0.3) is 6.08 Å². The maximum Gasteiger partial charge on any atom is 0.194 e. The first kappa shape index (κ1) is 8.71. The molecule has 0 aliphatic heterocycles. The molecule has 0 saturated carbocycles. The quantitative estimate of drug-likeness (QED) is 0.695. The largest absolute Gasteiger partial charge is 0.336 e. The van der Waals surface area contributed by atoms with Gasteiger partial charge in [-0.3, -0.25) is 4.79 Å². The average molecular weight is 164 g/mol. The Hall–Kier alpha value is -1.38. The van der Waals surface area contributed by atoms with Gasteiger partial charge in [-0.25, -0.2) is 4.98 Å². The van der Waals surface area contributed by atoms with E-state index in [0.717, 1.165) is 12.1 Å². The molecule has 12 heavy (non-hydrogen) atoms. The van der Waals surface area contributed by atoms with E-state index in [9.17, 15) is 4.79 Å². The van der Waals surface area contributed by atoms with Crippen molar-refractivity contribution in [2.24, 2.45) is 0 Å². The Labute approximate surface area is 71.5 Å². The fourth-order valence-corrected chi connectivity index (χ4v) is 0.844. The molecule has 3 nitrogen and oxygen atoms in total. The predicted molar refractivity (Wildman–Crippen MR) is 47.9 cm³/mol. The number of aromatic nitrogens is 2. The number of ketones is 1. The Morgan fingerprint density at radius 2 is 2.50 bits per heavy atom. The molecule has 0 radical (unpaired) electrons. The van der Waals surface area contributed by atoms with Crippen LogP contribution in [-0.2, 0) is 0 Å². The minimum absolute atomic E-state index is 0.0360. The molecule has 0 aromatic carbocycles. The van der Waals surface area contributed by atoms with Gasteiger partial charge in [0.05, 0.1) is 11.9 Å². The molecule has 64 valence electrons. The van der Waals surface area contributed by atoms with Crippen molar-refractivity contribution in [2.75, 3.05) is 0 Å². The van der Waals surface area contributed by atoms with E-state index in [0.29, 0.717) is 5.82 Å². The third-order valence-electron chi connectivity index (χ3n) is 1.46. The van der Waals surface area contributed by atoms with E-state index >= 15 is 0 Å². The molecule has 0 aliphatic carbocycles. The highest BCUT2D eigenvalue weighted by molar-refractivity contribution is 5.90. The molecule has 1 N–H and O–H groups in total. The zero-order valence-corrected chi connectivity index (χ0v) is 7.29. The van der Waals surface area contributed by atoms with E-state index in [1.165, 1.54) is 6.92 Å². The van der Waals surface area contributed by atoms with Crippen LogP contribution >= 0.6 is 0 Å². The van der Waals surface area contributed by atoms with Crippen molar-refractivity contribution in [1.82, 2.24) is 9.97 Å². The lowest BCUT2D eigenvalue weighted by Crippen LogP contribution is -1.93. The third kappa shape index (κ3) is 2.05. The second-order valence-electron chi connectivity index (χ2n) is 2.55. The summed E-state index contributed by atoms with van der Waals surface area (Å²) in [7, 11) is 0. The molecule has 3 heteroatoms. The van der Waals surface area contributed by atoms with Crippen molar-refractivity contribution in [3.05, 3.63) is 23.8 Å². The highest BCUT2D eigenvalue weighted by Gasteiger charge is 2.01. The lowest BCUT2D eigenvalue weighted by molar-refractivity contribution is 0.100. The first-order valence-corrected chi connectivity index (χ1v) is 3.96. The van der Waals surface area contributed by atoms with Crippen LogP contribution in [0.15, 0.2) is 12.3 Å². The lowest BCUT2D eigenvalue weighted by atomic mass is 10.3. The van der Waals surface area contributed by atoms with Crippen molar-refractivity contribution in [2.45, 2.75) is 20.3 Å². The van der Waals surface area contributed by atoms with Crippen LogP contribution < -0.4 is 0 Å². The molecule has 0 aliphatic rings. The first-order valence-electron chi connectivity index (χ1n) is 3.96. The SMILES string of the molecule is CCC=Cc1cnc(C(C)=O)[nH]1. The number of carbonyl (C=O) groups excluding carboxylic acids is 1. The van der Waals surface area contributed by atoms with Crippen LogP contribution in [0.4, 0.5) is 0 Å². The molecule has 0 amide bonds. The monoisotopic (exact) mass is 164 g/mol. The second kappa shape index (κ2) is 3.85. The number of imidazole rings is 1. The number of aromatic amines is 1. The van der Waals surface area contributed by atoms with Crippen molar-refractivity contribution >= 4 is 11.9 Å². The summed E-state index contributed by atoms with van der Waals surface area (Å²) in [5.74, 6) is 0.386. The lowest BCUT2D eigenvalue weighted by Gasteiger charge is -1.84. The summed E-state index contributed by atoms with van der Waals surface area (Å²) in [4.78, 5) is 17.6. The van der Waals surface area contributed by atoms with Gasteiger partial charge in [0.15, 0.2) is 11.6 Å². The summed E-state index contributed by atoms with van der Waals surface area (Å²) in [5.41, 5.74) is 0.877. The standard InChI is InChI=1S/C9H12N2O/c1-3-4-5-8-6-10-9(11-8)7(2)12/h4-6H,3H2,1-2H3,(H,10,11). The molecule has 0 bridgehead atoms. The smallest absolute Gasteiger partial charge is 0.194 e. The highest BCUT2D eigenvalue weighted by Crippen LogP contribution is 2.00. The van der Waals surface area contributed by atoms with Gasteiger partial charge >= 0.3 is 0 Å². The van der Waals surface area contributed by atoms with Gasteiger partial charge in [-0.2, -0.15) is 0 Å². The molecule has 0 fully saturated rings. The molecule has 1 heterocycles. The molecule has 1 aromatic heterocycles. The average Bonchev–Trinajstić information content (AvgIpc) is 2.48. The fourth-order valence-electron chi connectivity index (χ4n) is 0.844. The van der Waals surface area contributed by atoms with Gasteiger partial charge in [0, 0.05) is 6.92 Å². The summed E-state index contributed by atoms with van der Waals surface area (Å²) < 4.78 is 0. The maximum atomic E-state index is 10.8. The van der Waals surface area contributed by atoms with E-state index in [-0.39, 0.29) is 5.78 Å². The summed E-state index contributed by atoms with van der Waals surface area (Å²) >= 11 is 0. The van der Waals surface area contributed by atoms with Crippen LogP contribution in [0.1, 0.15) is 36.6 Å². The highest BCUT2D eigenvalue weighted by atomic mass is 16.1. The Bertz CT molecular complexity index is 299. The van der Waals surface area contributed by atoms with Crippen molar-refractivity contribution in [3.63, 3.8) is 0 Å². The van der Waals surface area contributed by atoms with Crippen LogP contribution in [0.3, 0.4) is 0 Å². The van der Waals surface area contributed by atoms with Gasteiger partial charge < -0.3 is 4.98 Å². The Balaban J connectivity index is 2.77. The topological polar surface area (TPSA) is 45.8 Å². The summed E-state index contributed by atoms with van der Waals surface area (Å²) in [6.07, 6.45) is 6.56. The summed E-state index contributed by atoms with van der Waals surface area (Å²) in [5, 5.41) is 0. The van der Waals surface area contributed by atoms with E-state index in [4.69, 9.17) is 0 Å². The summed E-state index contributed by atoms with van der Waals surface area (Å²) in [6, 6.07) is 0. The van der Waals surface area contributed by atoms with E-state index in [1.54, 1.807) is 6.20 Å². The first-order chi connectivity index (χ1) is 5.74. The number of carbonyl (C=O) groups is 1. The number of Topliss-reactive ketones (excluding diaryl/α,β-unsaturated/α-hetero) is 1.